The number of aliphatic hydroxyl groups excluding tert-OH is 4. The van der Waals surface area contributed by atoms with Gasteiger partial charge in [-0.1, -0.05) is 25.7 Å². The predicted molar refractivity (Wildman–Crippen MR) is 95.3 cm³/mol. The van der Waals surface area contributed by atoms with Gasteiger partial charge in [-0.05, 0) is 37.5 Å². The first-order chi connectivity index (χ1) is 12.6. The van der Waals surface area contributed by atoms with Crippen LogP contribution in [0.15, 0.2) is 0 Å². The second kappa shape index (κ2) is 7.99. The van der Waals surface area contributed by atoms with Gasteiger partial charge in [0.2, 0.25) is 0 Å². The zero-order valence-corrected chi connectivity index (χ0v) is 15.3. The molecule has 4 unspecified atom stereocenters. The average molecular weight is 370 g/mol. The van der Waals surface area contributed by atoms with Gasteiger partial charge in [0.15, 0.2) is 6.29 Å². The van der Waals surface area contributed by atoms with Gasteiger partial charge in [0.1, 0.15) is 18.3 Å². The van der Waals surface area contributed by atoms with Crippen LogP contribution in [0.25, 0.3) is 0 Å². The summed E-state index contributed by atoms with van der Waals surface area (Å²) >= 11 is 0. The van der Waals surface area contributed by atoms with Crippen molar-refractivity contribution in [1.82, 2.24) is 10.6 Å². The highest BCUT2D eigenvalue weighted by molar-refractivity contribution is 5.05. The number of ether oxygens (including phenoxy) is 1. The summed E-state index contributed by atoms with van der Waals surface area (Å²) in [6.45, 7) is -0.426. The zero-order chi connectivity index (χ0) is 18.3. The van der Waals surface area contributed by atoms with Gasteiger partial charge in [-0.2, -0.15) is 0 Å². The summed E-state index contributed by atoms with van der Waals surface area (Å²) in [7, 11) is 0. The molecule has 2 aliphatic carbocycles. The van der Waals surface area contributed by atoms with Gasteiger partial charge in [0, 0.05) is 18.1 Å². The summed E-state index contributed by atoms with van der Waals surface area (Å²) in [6, 6.07) is 0.465. The lowest BCUT2D eigenvalue weighted by atomic mass is 9.65. The van der Waals surface area contributed by atoms with Crippen molar-refractivity contribution in [2.75, 3.05) is 6.61 Å². The van der Waals surface area contributed by atoms with E-state index in [2.05, 4.69) is 10.6 Å². The first-order valence-electron chi connectivity index (χ1n) is 10.4. The van der Waals surface area contributed by atoms with Gasteiger partial charge in [-0.15, -0.1) is 0 Å². The Morgan fingerprint density at radius 2 is 1.38 bits per heavy atom. The van der Waals surface area contributed by atoms with Crippen molar-refractivity contribution in [1.29, 1.82) is 0 Å². The molecule has 0 radical (unpaired) electrons. The normalized spacial score (nSPS) is 52.2. The van der Waals surface area contributed by atoms with E-state index in [1.165, 1.54) is 38.5 Å². The summed E-state index contributed by atoms with van der Waals surface area (Å²) in [5.41, 5.74) is 0. The standard InChI is InChI=1S/C19H34N2O5/c22-9-14-17(23)18(24)16(19(25)26-14)21-15-10-5-1-3-7-12(10)20-13-8-4-2-6-11(13)15/h10-25H,1-9H2/t10?,11?,12?,13?,14-,15?,16-,17+,18+,19-/m0/s1. The van der Waals surface area contributed by atoms with Crippen LogP contribution in [-0.2, 0) is 4.74 Å². The SMILES string of the molecule is OC[C@@H]1O[C@H](O)[C@@H](NC2C3CCCCC3NC3CCCCC32)[C@@H](O)[C@@H]1O. The van der Waals surface area contributed by atoms with Crippen molar-refractivity contribution in [2.45, 2.75) is 100 Å². The van der Waals surface area contributed by atoms with Crippen molar-refractivity contribution in [2.24, 2.45) is 11.8 Å². The van der Waals surface area contributed by atoms with Gasteiger partial charge >= 0.3 is 0 Å². The minimum Gasteiger partial charge on any atom is -0.394 e. The molecule has 0 aromatic rings. The molecule has 2 heterocycles. The van der Waals surface area contributed by atoms with Crippen LogP contribution in [0.2, 0.25) is 0 Å². The molecule has 7 heteroatoms. The second-order valence-corrected chi connectivity index (χ2v) is 8.72. The average Bonchev–Trinajstić information content (AvgIpc) is 2.67. The highest BCUT2D eigenvalue weighted by atomic mass is 16.6. The third kappa shape index (κ3) is 3.43. The fourth-order valence-electron chi connectivity index (χ4n) is 5.93. The molecule has 6 N–H and O–H groups in total. The molecule has 0 spiro atoms. The summed E-state index contributed by atoms with van der Waals surface area (Å²) in [5.74, 6) is 0.963. The molecule has 2 saturated heterocycles. The van der Waals surface area contributed by atoms with Gasteiger partial charge in [0.25, 0.3) is 0 Å². The Bertz CT molecular complexity index is 459. The molecule has 2 saturated carbocycles. The van der Waals surface area contributed by atoms with Crippen LogP contribution >= 0.6 is 0 Å². The number of hydrogen-bond donors (Lipinski definition) is 6. The monoisotopic (exact) mass is 370 g/mol. The maximum Gasteiger partial charge on any atom is 0.173 e. The lowest BCUT2D eigenvalue weighted by molar-refractivity contribution is -0.257. The van der Waals surface area contributed by atoms with E-state index in [1.807, 2.05) is 0 Å². The van der Waals surface area contributed by atoms with Crippen LogP contribution in [-0.4, -0.2) is 75.8 Å². The Labute approximate surface area is 155 Å². The maximum absolute atomic E-state index is 10.6. The van der Waals surface area contributed by atoms with Crippen molar-refractivity contribution in [3.63, 3.8) is 0 Å². The molecule has 0 amide bonds. The van der Waals surface area contributed by atoms with E-state index in [1.54, 1.807) is 0 Å². The maximum atomic E-state index is 10.6. The van der Waals surface area contributed by atoms with Crippen molar-refractivity contribution in [3.05, 3.63) is 0 Å². The van der Waals surface area contributed by atoms with Crippen LogP contribution in [0.1, 0.15) is 51.4 Å². The van der Waals surface area contributed by atoms with Crippen molar-refractivity contribution in [3.8, 4) is 0 Å². The molecule has 9 atom stereocenters. The Morgan fingerprint density at radius 3 is 1.96 bits per heavy atom. The Kier molecular flexibility index (Phi) is 5.86. The van der Waals surface area contributed by atoms with Crippen molar-refractivity contribution >= 4 is 0 Å². The number of fused-ring (bicyclic) bond motifs is 2. The van der Waals surface area contributed by atoms with Crippen LogP contribution in [0.5, 0.6) is 0 Å². The highest BCUT2D eigenvalue weighted by Gasteiger charge is 2.50. The van der Waals surface area contributed by atoms with Gasteiger partial charge in [-0.3, -0.25) is 0 Å². The zero-order valence-electron chi connectivity index (χ0n) is 15.3. The molecule has 0 aromatic carbocycles. The fraction of sp³-hybridized carbons (Fsp3) is 1.00. The Hall–Kier alpha value is -0.280. The van der Waals surface area contributed by atoms with E-state index in [0.717, 1.165) is 12.8 Å². The Balaban J connectivity index is 1.53. The topological polar surface area (TPSA) is 114 Å². The van der Waals surface area contributed by atoms with E-state index in [-0.39, 0.29) is 6.04 Å². The number of hydrogen-bond acceptors (Lipinski definition) is 7. The number of piperidine rings is 1. The molecule has 4 aliphatic rings. The third-order valence-corrected chi connectivity index (χ3v) is 7.27. The molecule has 0 bridgehead atoms. The minimum absolute atomic E-state index is 0.211. The van der Waals surface area contributed by atoms with Gasteiger partial charge in [0.05, 0.1) is 12.6 Å². The third-order valence-electron chi connectivity index (χ3n) is 7.27. The van der Waals surface area contributed by atoms with Crippen LogP contribution in [0, 0.1) is 11.8 Å². The van der Waals surface area contributed by atoms with Gasteiger partial charge in [-0.25, -0.2) is 0 Å². The van der Waals surface area contributed by atoms with E-state index >= 15 is 0 Å². The fourth-order valence-corrected chi connectivity index (χ4v) is 5.93. The molecular weight excluding hydrogens is 336 g/mol. The van der Waals surface area contributed by atoms with E-state index < -0.39 is 37.3 Å². The van der Waals surface area contributed by atoms with Crippen LogP contribution in [0.3, 0.4) is 0 Å². The predicted octanol–water partition coefficient (Wildman–Crippen LogP) is -0.535. The Morgan fingerprint density at radius 1 is 0.808 bits per heavy atom. The van der Waals surface area contributed by atoms with Crippen molar-refractivity contribution < 1.29 is 25.2 Å². The molecular formula is C19H34N2O5. The summed E-state index contributed by atoms with van der Waals surface area (Å²) < 4.78 is 5.36. The molecule has 2 aliphatic heterocycles. The number of rotatable bonds is 3. The minimum atomic E-state index is -1.23. The highest BCUT2D eigenvalue weighted by Crippen LogP contribution is 2.41. The molecule has 26 heavy (non-hydrogen) atoms. The summed E-state index contributed by atoms with van der Waals surface area (Å²) in [4.78, 5) is 0. The van der Waals surface area contributed by atoms with E-state index in [0.29, 0.717) is 23.9 Å². The number of aliphatic hydroxyl groups is 4. The number of nitrogens with one attached hydrogen (secondary N) is 2. The smallest absolute Gasteiger partial charge is 0.173 e. The summed E-state index contributed by atoms with van der Waals surface area (Å²) in [5, 5.41) is 47.9. The largest absolute Gasteiger partial charge is 0.394 e. The van der Waals surface area contributed by atoms with Crippen LogP contribution < -0.4 is 10.6 Å². The molecule has 4 rings (SSSR count). The van der Waals surface area contributed by atoms with Crippen LogP contribution in [0.4, 0.5) is 0 Å². The molecule has 7 nitrogen and oxygen atoms in total. The van der Waals surface area contributed by atoms with E-state index in [4.69, 9.17) is 4.74 Å². The molecule has 4 fully saturated rings. The second-order valence-electron chi connectivity index (χ2n) is 8.72. The van der Waals surface area contributed by atoms with Gasteiger partial charge < -0.3 is 35.8 Å². The lowest BCUT2D eigenvalue weighted by Gasteiger charge is -2.54. The first kappa shape index (κ1) is 19.1. The lowest BCUT2D eigenvalue weighted by Crippen LogP contribution is -2.70. The van der Waals surface area contributed by atoms with E-state index in [9.17, 15) is 20.4 Å². The molecule has 150 valence electrons. The quantitative estimate of drug-likeness (QED) is 0.396. The first-order valence-corrected chi connectivity index (χ1v) is 10.4. The molecule has 0 aromatic heterocycles. The summed E-state index contributed by atoms with van der Waals surface area (Å²) in [6.07, 6.45) is 5.10.